The molecule has 0 radical (unpaired) electrons. The minimum Gasteiger partial charge on any atom is -0.301 e. The highest BCUT2D eigenvalue weighted by molar-refractivity contribution is 6.30. The van der Waals surface area contributed by atoms with Crippen LogP contribution in [-0.2, 0) is 12.0 Å². The van der Waals surface area contributed by atoms with Crippen LogP contribution in [-0.4, -0.2) is 52.3 Å². The Hall–Kier alpha value is -3.06. The second-order valence-corrected chi connectivity index (χ2v) is 12.0. The minimum absolute atomic E-state index is 0.0315. The molecule has 7 heteroatoms. The van der Waals surface area contributed by atoms with E-state index in [1.54, 1.807) is 0 Å². The predicted molar refractivity (Wildman–Crippen MR) is 159 cm³/mol. The highest BCUT2D eigenvalue weighted by Crippen LogP contribution is 2.31. The van der Waals surface area contributed by atoms with Gasteiger partial charge in [0.25, 0.3) is 0 Å². The molecule has 0 atom stereocenters. The number of aryl methyl sites for hydroxylation is 1. The van der Waals surface area contributed by atoms with Crippen molar-refractivity contribution in [1.29, 1.82) is 0 Å². The third kappa shape index (κ3) is 6.80. The molecule has 4 nitrogen and oxygen atoms in total. The van der Waals surface area contributed by atoms with E-state index in [0.717, 1.165) is 78.7 Å². The van der Waals surface area contributed by atoms with E-state index in [1.165, 1.54) is 24.3 Å². The van der Waals surface area contributed by atoms with Gasteiger partial charge in [-0.05, 0) is 99.3 Å². The zero-order valence-corrected chi connectivity index (χ0v) is 24.2. The first kappa shape index (κ1) is 28.5. The third-order valence-corrected chi connectivity index (χ3v) is 7.84. The van der Waals surface area contributed by atoms with Gasteiger partial charge < -0.3 is 4.90 Å². The number of nitrogens with zero attached hydrogens (tertiary/aromatic N) is 4. The molecule has 2 heterocycles. The molecule has 1 aliphatic rings. The molecular formula is C33H37ClF2N4. The number of benzene rings is 3. The number of halogens is 3. The molecule has 0 amide bonds. The molecule has 0 N–H and O–H groups in total. The molecule has 40 heavy (non-hydrogen) atoms. The SMILES string of the molecule is CC(C)(C)n1nc(CCCN2CCN(C(c3ccc(F)cc3)c3ccc(F)cc3)CC2)cc1-c1ccc(Cl)cc1. The van der Waals surface area contributed by atoms with Crippen LogP contribution < -0.4 is 0 Å². The topological polar surface area (TPSA) is 24.3 Å². The number of aromatic nitrogens is 2. The Morgan fingerprint density at radius 1 is 0.800 bits per heavy atom. The zero-order valence-electron chi connectivity index (χ0n) is 23.5. The molecule has 1 saturated heterocycles. The Labute approximate surface area is 241 Å². The average Bonchev–Trinajstić information content (AvgIpc) is 3.37. The lowest BCUT2D eigenvalue weighted by Crippen LogP contribution is -2.48. The smallest absolute Gasteiger partial charge is 0.123 e. The molecule has 3 aromatic carbocycles. The van der Waals surface area contributed by atoms with Crippen LogP contribution in [0, 0.1) is 11.6 Å². The maximum absolute atomic E-state index is 13.6. The molecule has 210 valence electrons. The van der Waals surface area contributed by atoms with Crippen molar-refractivity contribution in [3.8, 4) is 11.3 Å². The summed E-state index contributed by atoms with van der Waals surface area (Å²) in [6.45, 7) is 11.2. The Bertz CT molecular complexity index is 1340. The van der Waals surface area contributed by atoms with E-state index in [1.807, 2.05) is 36.4 Å². The summed E-state index contributed by atoms with van der Waals surface area (Å²) >= 11 is 6.12. The van der Waals surface area contributed by atoms with Crippen LogP contribution in [0.1, 0.15) is 50.1 Å². The van der Waals surface area contributed by atoms with Crippen LogP contribution >= 0.6 is 11.6 Å². The van der Waals surface area contributed by atoms with Gasteiger partial charge >= 0.3 is 0 Å². The van der Waals surface area contributed by atoms with Gasteiger partial charge in [-0.2, -0.15) is 5.10 Å². The van der Waals surface area contributed by atoms with Crippen molar-refractivity contribution in [3.05, 3.63) is 112 Å². The van der Waals surface area contributed by atoms with Crippen LogP contribution in [0.25, 0.3) is 11.3 Å². The molecule has 0 unspecified atom stereocenters. The lowest BCUT2D eigenvalue weighted by molar-refractivity contribution is 0.108. The quantitative estimate of drug-likeness (QED) is 0.221. The first-order valence-corrected chi connectivity index (χ1v) is 14.4. The first-order valence-electron chi connectivity index (χ1n) is 14.0. The zero-order chi connectivity index (χ0) is 28.3. The Balaban J connectivity index is 1.21. The summed E-state index contributed by atoms with van der Waals surface area (Å²) in [7, 11) is 0. The third-order valence-electron chi connectivity index (χ3n) is 7.59. The fourth-order valence-corrected chi connectivity index (χ4v) is 5.65. The van der Waals surface area contributed by atoms with Crippen LogP contribution in [0.3, 0.4) is 0 Å². The fraction of sp³-hybridized carbons (Fsp3) is 0.364. The van der Waals surface area contributed by atoms with E-state index >= 15 is 0 Å². The van der Waals surface area contributed by atoms with Crippen molar-refractivity contribution in [2.24, 2.45) is 0 Å². The van der Waals surface area contributed by atoms with Crippen LogP contribution in [0.15, 0.2) is 78.9 Å². The summed E-state index contributed by atoms with van der Waals surface area (Å²) < 4.78 is 29.4. The van der Waals surface area contributed by atoms with E-state index in [9.17, 15) is 8.78 Å². The molecular weight excluding hydrogens is 526 g/mol. The number of piperazine rings is 1. The highest BCUT2D eigenvalue weighted by atomic mass is 35.5. The molecule has 1 fully saturated rings. The summed E-state index contributed by atoms with van der Waals surface area (Å²) in [6, 6.07) is 23.5. The van der Waals surface area contributed by atoms with E-state index in [4.69, 9.17) is 16.7 Å². The maximum Gasteiger partial charge on any atom is 0.123 e. The van der Waals surface area contributed by atoms with Gasteiger partial charge in [0.1, 0.15) is 11.6 Å². The van der Waals surface area contributed by atoms with Crippen LogP contribution in [0.2, 0.25) is 5.02 Å². The van der Waals surface area contributed by atoms with Crippen molar-refractivity contribution in [1.82, 2.24) is 19.6 Å². The molecule has 5 rings (SSSR count). The summed E-state index contributed by atoms with van der Waals surface area (Å²) in [6.07, 6.45) is 1.94. The van der Waals surface area contributed by atoms with E-state index in [-0.39, 0.29) is 23.2 Å². The Kier molecular flexibility index (Phi) is 8.69. The van der Waals surface area contributed by atoms with E-state index < -0.39 is 0 Å². The summed E-state index contributed by atoms with van der Waals surface area (Å²) in [5.41, 5.74) is 5.24. The Morgan fingerprint density at radius 3 is 1.88 bits per heavy atom. The molecule has 1 aliphatic heterocycles. The standard InChI is InChI=1S/C33H37ClF2N4/c1-33(2,3)40-31(24-6-12-27(34)13-7-24)23-30(37-40)5-4-18-38-19-21-39(22-20-38)32(25-8-14-28(35)15-9-25)26-10-16-29(36)17-11-26/h6-17,23,32H,4-5,18-22H2,1-3H3. The van der Waals surface area contributed by atoms with Gasteiger partial charge in [-0.3, -0.25) is 9.58 Å². The average molecular weight is 563 g/mol. The maximum atomic E-state index is 13.6. The van der Waals surface area contributed by atoms with Gasteiger partial charge in [0.05, 0.1) is 23.0 Å². The Morgan fingerprint density at radius 2 is 1.35 bits per heavy atom. The van der Waals surface area contributed by atoms with Gasteiger partial charge in [-0.1, -0.05) is 48.0 Å². The first-order chi connectivity index (χ1) is 19.2. The minimum atomic E-state index is -0.251. The number of hydrogen-bond acceptors (Lipinski definition) is 3. The second-order valence-electron chi connectivity index (χ2n) is 11.6. The lowest BCUT2D eigenvalue weighted by atomic mass is 9.96. The van der Waals surface area contributed by atoms with Gasteiger partial charge in [-0.25, -0.2) is 8.78 Å². The van der Waals surface area contributed by atoms with Gasteiger partial charge in [0.15, 0.2) is 0 Å². The lowest BCUT2D eigenvalue weighted by Gasteiger charge is -2.39. The number of hydrogen-bond donors (Lipinski definition) is 0. The highest BCUT2D eigenvalue weighted by Gasteiger charge is 2.27. The van der Waals surface area contributed by atoms with Crippen molar-refractivity contribution >= 4 is 11.6 Å². The van der Waals surface area contributed by atoms with E-state index in [0.29, 0.717) is 0 Å². The van der Waals surface area contributed by atoms with Gasteiger partial charge in [-0.15, -0.1) is 0 Å². The number of rotatable bonds is 8. The molecule has 0 aliphatic carbocycles. The molecule has 0 spiro atoms. The fourth-order valence-electron chi connectivity index (χ4n) is 5.52. The predicted octanol–water partition coefficient (Wildman–Crippen LogP) is 7.58. The van der Waals surface area contributed by atoms with Crippen molar-refractivity contribution in [3.63, 3.8) is 0 Å². The van der Waals surface area contributed by atoms with Crippen LogP contribution in [0.5, 0.6) is 0 Å². The van der Waals surface area contributed by atoms with E-state index in [2.05, 4.69) is 53.5 Å². The molecule has 4 aromatic rings. The monoisotopic (exact) mass is 562 g/mol. The summed E-state index contributed by atoms with van der Waals surface area (Å²) in [5, 5.41) is 5.71. The summed E-state index contributed by atoms with van der Waals surface area (Å²) in [5.74, 6) is -0.502. The second kappa shape index (κ2) is 12.2. The van der Waals surface area contributed by atoms with Gasteiger partial charge in [0.2, 0.25) is 0 Å². The normalized spacial score (nSPS) is 15.2. The van der Waals surface area contributed by atoms with Crippen molar-refractivity contribution < 1.29 is 8.78 Å². The summed E-state index contributed by atoms with van der Waals surface area (Å²) in [4.78, 5) is 4.92. The molecule has 1 aromatic heterocycles. The van der Waals surface area contributed by atoms with Crippen molar-refractivity contribution in [2.75, 3.05) is 32.7 Å². The molecule has 0 saturated carbocycles. The van der Waals surface area contributed by atoms with Crippen LogP contribution in [0.4, 0.5) is 8.78 Å². The molecule has 0 bridgehead atoms. The van der Waals surface area contributed by atoms with Crippen molar-refractivity contribution in [2.45, 2.75) is 45.2 Å². The van der Waals surface area contributed by atoms with Gasteiger partial charge in [0, 0.05) is 31.2 Å². The largest absolute Gasteiger partial charge is 0.301 e.